The molecular formula is C24H35N3. The Morgan fingerprint density at radius 2 is 1.00 bits per heavy atom. The van der Waals surface area contributed by atoms with Crippen LogP contribution in [0, 0.1) is 0 Å². The number of nitrogens with zero attached hydrogens (tertiary/aromatic N) is 1. The Morgan fingerprint density at radius 1 is 0.667 bits per heavy atom. The second kappa shape index (κ2) is 8.60. The first-order valence-electron chi connectivity index (χ1n) is 9.73. The summed E-state index contributed by atoms with van der Waals surface area (Å²) in [5.74, 6) is 0.815. The lowest BCUT2D eigenvalue weighted by molar-refractivity contribution is 0.589. The zero-order valence-electron chi connectivity index (χ0n) is 18.0. The van der Waals surface area contributed by atoms with Crippen molar-refractivity contribution in [3.8, 4) is 0 Å². The van der Waals surface area contributed by atoms with Gasteiger partial charge in [-0.15, -0.1) is 0 Å². The van der Waals surface area contributed by atoms with Gasteiger partial charge in [0, 0.05) is 20.1 Å². The molecule has 0 unspecified atom stereocenters. The minimum absolute atomic E-state index is 0.187. The predicted octanol–water partition coefficient (Wildman–Crippen LogP) is 5.15. The van der Waals surface area contributed by atoms with Gasteiger partial charge < -0.3 is 10.6 Å². The van der Waals surface area contributed by atoms with E-state index in [0.29, 0.717) is 0 Å². The van der Waals surface area contributed by atoms with Crippen LogP contribution in [0.15, 0.2) is 53.5 Å². The molecule has 0 heterocycles. The fourth-order valence-electron chi connectivity index (χ4n) is 2.84. The van der Waals surface area contributed by atoms with Gasteiger partial charge in [-0.2, -0.15) is 0 Å². The number of rotatable bonds is 4. The Hall–Kier alpha value is -2.29. The van der Waals surface area contributed by atoms with Gasteiger partial charge in [0.25, 0.3) is 0 Å². The SMILES string of the molecule is CN=C(NCc1ccc(C(C)(C)C)cc1)NCc1ccc(C(C)(C)C)cc1. The fourth-order valence-corrected chi connectivity index (χ4v) is 2.84. The summed E-state index contributed by atoms with van der Waals surface area (Å²) in [4.78, 5) is 4.33. The zero-order valence-corrected chi connectivity index (χ0v) is 18.0. The zero-order chi connectivity index (χ0) is 20.1. The van der Waals surface area contributed by atoms with Crippen molar-refractivity contribution in [3.63, 3.8) is 0 Å². The molecule has 3 heteroatoms. The molecule has 0 spiro atoms. The first-order chi connectivity index (χ1) is 12.6. The second-order valence-corrected chi connectivity index (χ2v) is 9.17. The van der Waals surface area contributed by atoms with Gasteiger partial charge in [-0.05, 0) is 33.1 Å². The van der Waals surface area contributed by atoms with Gasteiger partial charge in [0.15, 0.2) is 5.96 Å². The Balaban J connectivity index is 1.87. The standard InChI is InChI=1S/C24H35N3/c1-23(2,3)20-12-8-18(9-13-20)16-26-22(25-7)27-17-19-10-14-21(15-11-19)24(4,5)6/h8-15H,16-17H2,1-7H3,(H2,25,26,27). The van der Waals surface area contributed by atoms with Crippen molar-refractivity contribution in [2.45, 2.75) is 65.5 Å². The number of hydrogen-bond donors (Lipinski definition) is 2. The van der Waals surface area contributed by atoms with Crippen molar-refractivity contribution in [3.05, 3.63) is 70.8 Å². The molecule has 0 aliphatic carbocycles. The minimum atomic E-state index is 0.187. The maximum absolute atomic E-state index is 4.33. The molecule has 0 aliphatic rings. The summed E-state index contributed by atoms with van der Waals surface area (Å²) in [6.45, 7) is 14.9. The van der Waals surface area contributed by atoms with Crippen LogP contribution in [0.2, 0.25) is 0 Å². The summed E-state index contributed by atoms with van der Waals surface area (Å²) in [7, 11) is 1.81. The summed E-state index contributed by atoms with van der Waals surface area (Å²) in [6.07, 6.45) is 0. The van der Waals surface area contributed by atoms with E-state index in [1.807, 2.05) is 0 Å². The highest BCUT2D eigenvalue weighted by atomic mass is 15.2. The monoisotopic (exact) mass is 365 g/mol. The number of benzene rings is 2. The maximum atomic E-state index is 4.33. The highest BCUT2D eigenvalue weighted by Gasteiger charge is 2.13. The lowest BCUT2D eigenvalue weighted by atomic mass is 9.87. The molecule has 2 aromatic carbocycles. The third-order valence-electron chi connectivity index (χ3n) is 4.78. The Bertz CT molecular complexity index is 679. The van der Waals surface area contributed by atoms with E-state index < -0.39 is 0 Å². The molecule has 2 N–H and O–H groups in total. The largest absolute Gasteiger partial charge is 0.352 e. The van der Waals surface area contributed by atoms with Crippen LogP contribution in [0.1, 0.15) is 63.8 Å². The highest BCUT2D eigenvalue weighted by molar-refractivity contribution is 5.79. The van der Waals surface area contributed by atoms with Gasteiger partial charge in [0.2, 0.25) is 0 Å². The molecule has 0 amide bonds. The molecular weight excluding hydrogens is 330 g/mol. The summed E-state index contributed by atoms with van der Waals surface area (Å²) in [6, 6.07) is 17.6. The predicted molar refractivity (Wildman–Crippen MR) is 117 cm³/mol. The van der Waals surface area contributed by atoms with E-state index in [-0.39, 0.29) is 10.8 Å². The molecule has 0 bridgehead atoms. The normalized spacial score (nSPS) is 11.8. The molecule has 0 atom stereocenters. The van der Waals surface area contributed by atoms with E-state index in [0.717, 1.165) is 19.0 Å². The summed E-state index contributed by atoms with van der Waals surface area (Å²) in [5, 5.41) is 6.78. The third-order valence-corrected chi connectivity index (χ3v) is 4.78. The number of hydrogen-bond acceptors (Lipinski definition) is 1. The van der Waals surface area contributed by atoms with Gasteiger partial charge in [0.05, 0.1) is 0 Å². The molecule has 0 fully saturated rings. The van der Waals surface area contributed by atoms with Gasteiger partial charge >= 0.3 is 0 Å². The molecule has 2 aromatic rings. The van der Waals surface area contributed by atoms with E-state index in [2.05, 4.69) is 106 Å². The molecule has 0 radical (unpaired) electrons. The number of guanidine groups is 1. The first-order valence-corrected chi connectivity index (χ1v) is 9.73. The average molecular weight is 366 g/mol. The molecule has 2 rings (SSSR count). The number of aliphatic imine (C=N–C) groups is 1. The van der Waals surface area contributed by atoms with Gasteiger partial charge in [0.1, 0.15) is 0 Å². The number of nitrogens with one attached hydrogen (secondary N) is 2. The smallest absolute Gasteiger partial charge is 0.191 e. The molecule has 146 valence electrons. The van der Waals surface area contributed by atoms with Crippen molar-refractivity contribution >= 4 is 5.96 Å². The molecule has 0 aliphatic heterocycles. The minimum Gasteiger partial charge on any atom is -0.352 e. The van der Waals surface area contributed by atoms with Gasteiger partial charge in [-0.25, -0.2) is 0 Å². The lowest BCUT2D eigenvalue weighted by Gasteiger charge is -2.20. The average Bonchev–Trinajstić information content (AvgIpc) is 2.61. The molecule has 0 saturated heterocycles. The third kappa shape index (κ3) is 6.42. The van der Waals surface area contributed by atoms with Crippen LogP contribution in [0.3, 0.4) is 0 Å². The summed E-state index contributed by atoms with van der Waals surface area (Å²) >= 11 is 0. The van der Waals surface area contributed by atoms with E-state index in [4.69, 9.17) is 0 Å². The molecule has 0 saturated carbocycles. The Morgan fingerprint density at radius 3 is 1.26 bits per heavy atom. The van der Waals surface area contributed by atoms with Gasteiger partial charge in [-0.1, -0.05) is 90.1 Å². The van der Waals surface area contributed by atoms with Crippen LogP contribution in [-0.2, 0) is 23.9 Å². The quantitative estimate of drug-likeness (QED) is 0.581. The van der Waals surface area contributed by atoms with Crippen LogP contribution in [0.25, 0.3) is 0 Å². The van der Waals surface area contributed by atoms with Crippen LogP contribution in [0.4, 0.5) is 0 Å². The van der Waals surface area contributed by atoms with Gasteiger partial charge in [-0.3, -0.25) is 4.99 Å². The Kier molecular flexibility index (Phi) is 6.69. The Labute approximate surface area is 165 Å². The van der Waals surface area contributed by atoms with E-state index in [9.17, 15) is 0 Å². The highest BCUT2D eigenvalue weighted by Crippen LogP contribution is 2.23. The van der Waals surface area contributed by atoms with Crippen LogP contribution in [-0.4, -0.2) is 13.0 Å². The fraction of sp³-hybridized carbons (Fsp3) is 0.458. The van der Waals surface area contributed by atoms with E-state index in [1.165, 1.54) is 22.3 Å². The van der Waals surface area contributed by atoms with Crippen LogP contribution < -0.4 is 10.6 Å². The van der Waals surface area contributed by atoms with Crippen molar-refractivity contribution in [2.75, 3.05) is 7.05 Å². The summed E-state index contributed by atoms with van der Waals surface area (Å²) < 4.78 is 0. The van der Waals surface area contributed by atoms with E-state index >= 15 is 0 Å². The molecule has 3 nitrogen and oxygen atoms in total. The van der Waals surface area contributed by atoms with Crippen molar-refractivity contribution in [1.82, 2.24) is 10.6 Å². The second-order valence-electron chi connectivity index (χ2n) is 9.17. The van der Waals surface area contributed by atoms with E-state index in [1.54, 1.807) is 7.05 Å². The first kappa shape index (κ1) is 21.0. The van der Waals surface area contributed by atoms with Crippen molar-refractivity contribution < 1.29 is 0 Å². The van der Waals surface area contributed by atoms with Crippen molar-refractivity contribution in [1.29, 1.82) is 0 Å². The maximum Gasteiger partial charge on any atom is 0.191 e. The topological polar surface area (TPSA) is 36.4 Å². The molecule has 27 heavy (non-hydrogen) atoms. The summed E-state index contributed by atoms with van der Waals surface area (Å²) in [5.41, 5.74) is 5.58. The van der Waals surface area contributed by atoms with Crippen molar-refractivity contribution in [2.24, 2.45) is 4.99 Å². The molecule has 0 aromatic heterocycles. The lowest BCUT2D eigenvalue weighted by Crippen LogP contribution is -2.36. The van der Waals surface area contributed by atoms with Crippen LogP contribution >= 0.6 is 0 Å². The van der Waals surface area contributed by atoms with Crippen LogP contribution in [0.5, 0.6) is 0 Å².